The molecule has 3 heteroatoms. The van der Waals surface area contributed by atoms with E-state index in [2.05, 4.69) is 5.32 Å². The second kappa shape index (κ2) is 6.53. The lowest BCUT2D eigenvalue weighted by Crippen LogP contribution is -2.21. The third kappa shape index (κ3) is 5.50. The van der Waals surface area contributed by atoms with Crippen molar-refractivity contribution in [1.29, 1.82) is 0 Å². The summed E-state index contributed by atoms with van der Waals surface area (Å²) in [4.78, 5) is 0. The van der Waals surface area contributed by atoms with Gasteiger partial charge in [-0.3, -0.25) is 0 Å². The highest BCUT2D eigenvalue weighted by Crippen LogP contribution is 2.02. The molecule has 0 aliphatic heterocycles. The van der Waals surface area contributed by atoms with Crippen molar-refractivity contribution in [2.45, 2.75) is 25.9 Å². The van der Waals surface area contributed by atoms with Crippen LogP contribution in [0.3, 0.4) is 0 Å². The normalized spacial score (nSPS) is 12.7. The van der Waals surface area contributed by atoms with Gasteiger partial charge < -0.3 is 10.4 Å². The molecule has 0 saturated heterocycles. The number of nitrogens with one attached hydrogen (secondary N) is 1. The first-order valence-electron chi connectivity index (χ1n) is 5.31. The van der Waals surface area contributed by atoms with Gasteiger partial charge in [0.2, 0.25) is 0 Å². The van der Waals surface area contributed by atoms with Crippen LogP contribution in [0.4, 0.5) is 4.39 Å². The van der Waals surface area contributed by atoms with Crippen molar-refractivity contribution in [3.63, 3.8) is 0 Å². The van der Waals surface area contributed by atoms with Crippen molar-refractivity contribution >= 4 is 0 Å². The predicted molar refractivity (Wildman–Crippen MR) is 59.3 cm³/mol. The number of hydrogen-bond donors (Lipinski definition) is 2. The number of rotatable bonds is 6. The van der Waals surface area contributed by atoms with Gasteiger partial charge in [0.05, 0.1) is 6.10 Å². The Kier molecular flexibility index (Phi) is 5.29. The molecule has 1 aromatic carbocycles. The van der Waals surface area contributed by atoms with Crippen LogP contribution >= 0.6 is 0 Å². The van der Waals surface area contributed by atoms with Crippen LogP contribution < -0.4 is 5.32 Å². The Morgan fingerprint density at radius 2 is 1.93 bits per heavy atom. The van der Waals surface area contributed by atoms with Gasteiger partial charge in [0.1, 0.15) is 5.82 Å². The summed E-state index contributed by atoms with van der Waals surface area (Å²) in [5, 5.41) is 12.2. The van der Waals surface area contributed by atoms with E-state index in [0.717, 1.165) is 31.5 Å². The molecule has 1 unspecified atom stereocenters. The molecule has 0 amide bonds. The summed E-state index contributed by atoms with van der Waals surface area (Å²) in [6.07, 6.45) is 1.41. The molecule has 0 fully saturated rings. The van der Waals surface area contributed by atoms with E-state index in [0.29, 0.717) is 0 Å². The van der Waals surface area contributed by atoms with Gasteiger partial charge >= 0.3 is 0 Å². The largest absolute Gasteiger partial charge is 0.393 e. The van der Waals surface area contributed by atoms with Gasteiger partial charge in [-0.2, -0.15) is 0 Å². The fraction of sp³-hybridized carbons (Fsp3) is 0.500. The quantitative estimate of drug-likeness (QED) is 0.702. The maximum atomic E-state index is 12.6. The fourth-order valence-corrected chi connectivity index (χ4v) is 1.32. The molecule has 0 spiro atoms. The van der Waals surface area contributed by atoms with Gasteiger partial charge in [-0.1, -0.05) is 12.1 Å². The first kappa shape index (κ1) is 12.1. The molecule has 0 bridgehead atoms. The van der Waals surface area contributed by atoms with Gasteiger partial charge in [0.15, 0.2) is 0 Å². The third-order valence-corrected chi connectivity index (χ3v) is 2.24. The van der Waals surface area contributed by atoms with Crippen LogP contribution in [0.5, 0.6) is 0 Å². The minimum atomic E-state index is -0.247. The molecule has 0 saturated carbocycles. The van der Waals surface area contributed by atoms with Crippen LogP contribution in [0.15, 0.2) is 24.3 Å². The number of aliphatic hydroxyl groups excluding tert-OH is 1. The predicted octanol–water partition coefficient (Wildman–Crippen LogP) is 1.73. The molecule has 1 aromatic rings. The van der Waals surface area contributed by atoms with Crippen LogP contribution in [0.25, 0.3) is 0 Å². The van der Waals surface area contributed by atoms with E-state index in [1.807, 2.05) is 0 Å². The summed E-state index contributed by atoms with van der Waals surface area (Å²) in [5.41, 5.74) is 1.13. The molecule has 84 valence electrons. The van der Waals surface area contributed by atoms with Crippen LogP contribution in [-0.2, 0) is 6.42 Å². The molecule has 0 radical (unpaired) electrons. The molecule has 2 N–H and O–H groups in total. The van der Waals surface area contributed by atoms with Gasteiger partial charge in [-0.15, -0.1) is 0 Å². The van der Waals surface area contributed by atoms with E-state index in [1.165, 1.54) is 12.1 Å². The SMILES string of the molecule is CC(O)CCNCCc1ccc(F)cc1. The van der Waals surface area contributed by atoms with Crippen LogP contribution in [0.1, 0.15) is 18.9 Å². The summed E-state index contributed by atoms with van der Waals surface area (Å²) in [6, 6.07) is 6.55. The Balaban J connectivity index is 2.12. The Morgan fingerprint density at radius 1 is 1.27 bits per heavy atom. The Morgan fingerprint density at radius 3 is 2.53 bits per heavy atom. The Bertz CT molecular complexity index is 271. The lowest BCUT2D eigenvalue weighted by atomic mass is 10.1. The number of aliphatic hydroxyl groups is 1. The van der Waals surface area contributed by atoms with Crippen LogP contribution in [0.2, 0.25) is 0 Å². The lowest BCUT2D eigenvalue weighted by molar-refractivity contribution is 0.184. The Hall–Kier alpha value is -0.930. The summed E-state index contributed by atoms with van der Waals surface area (Å²) in [5.74, 6) is -0.194. The number of benzene rings is 1. The molecule has 2 nitrogen and oxygen atoms in total. The van der Waals surface area contributed by atoms with Crippen LogP contribution in [-0.4, -0.2) is 24.3 Å². The number of halogens is 1. The van der Waals surface area contributed by atoms with E-state index < -0.39 is 0 Å². The molecule has 0 aromatic heterocycles. The van der Waals surface area contributed by atoms with E-state index >= 15 is 0 Å². The topological polar surface area (TPSA) is 32.3 Å². The highest BCUT2D eigenvalue weighted by molar-refractivity contribution is 5.16. The van der Waals surface area contributed by atoms with Crippen molar-refractivity contribution < 1.29 is 9.50 Å². The fourth-order valence-electron chi connectivity index (χ4n) is 1.32. The van der Waals surface area contributed by atoms with Gasteiger partial charge in [0, 0.05) is 0 Å². The average molecular weight is 211 g/mol. The first-order chi connectivity index (χ1) is 7.18. The standard InChI is InChI=1S/C12H18FNO/c1-10(15)6-8-14-9-7-11-2-4-12(13)5-3-11/h2-5,10,14-15H,6-9H2,1H3. The lowest BCUT2D eigenvalue weighted by Gasteiger charge is -2.06. The van der Waals surface area contributed by atoms with Crippen molar-refractivity contribution in [3.05, 3.63) is 35.6 Å². The second-order valence-corrected chi connectivity index (χ2v) is 3.76. The van der Waals surface area contributed by atoms with E-state index in [-0.39, 0.29) is 11.9 Å². The summed E-state index contributed by atoms with van der Waals surface area (Å²) in [7, 11) is 0. The molecule has 15 heavy (non-hydrogen) atoms. The van der Waals surface area contributed by atoms with Gasteiger partial charge in [-0.05, 0) is 50.6 Å². The maximum absolute atomic E-state index is 12.6. The number of hydrogen-bond acceptors (Lipinski definition) is 2. The zero-order chi connectivity index (χ0) is 11.1. The van der Waals surface area contributed by atoms with Crippen molar-refractivity contribution in [1.82, 2.24) is 5.32 Å². The molecule has 1 atom stereocenters. The van der Waals surface area contributed by atoms with Gasteiger partial charge in [-0.25, -0.2) is 4.39 Å². The zero-order valence-corrected chi connectivity index (χ0v) is 9.04. The van der Waals surface area contributed by atoms with E-state index in [9.17, 15) is 4.39 Å². The monoisotopic (exact) mass is 211 g/mol. The van der Waals surface area contributed by atoms with E-state index in [4.69, 9.17) is 5.11 Å². The van der Waals surface area contributed by atoms with Crippen molar-refractivity contribution in [2.24, 2.45) is 0 Å². The Labute approximate surface area is 90.1 Å². The average Bonchev–Trinajstić information content (AvgIpc) is 2.20. The molecule has 1 rings (SSSR count). The molecular weight excluding hydrogens is 193 g/mol. The smallest absolute Gasteiger partial charge is 0.123 e. The summed E-state index contributed by atoms with van der Waals surface area (Å²) >= 11 is 0. The molecular formula is C12H18FNO. The molecule has 0 aliphatic rings. The minimum Gasteiger partial charge on any atom is -0.393 e. The summed E-state index contributed by atoms with van der Waals surface area (Å²) < 4.78 is 12.6. The first-order valence-corrected chi connectivity index (χ1v) is 5.31. The van der Waals surface area contributed by atoms with Crippen LogP contribution in [0, 0.1) is 5.82 Å². The minimum absolute atomic E-state index is 0.194. The van der Waals surface area contributed by atoms with Crippen molar-refractivity contribution in [3.8, 4) is 0 Å². The highest BCUT2D eigenvalue weighted by atomic mass is 19.1. The highest BCUT2D eigenvalue weighted by Gasteiger charge is 1.96. The van der Waals surface area contributed by atoms with Gasteiger partial charge in [0.25, 0.3) is 0 Å². The van der Waals surface area contributed by atoms with E-state index in [1.54, 1.807) is 19.1 Å². The maximum Gasteiger partial charge on any atom is 0.123 e. The van der Waals surface area contributed by atoms with Crippen molar-refractivity contribution in [2.75, 3.05) is 13.1 Å². The molecule has 0 heterocycles. The second-order valence-electron chi connectivity index (χ2n) is 3.76. The summed E-state index contributed by atoms with van der Waals surface area (Å²) in [6.45, 7) is 3.46. The zero-order valence-electron chi connectivity index (χ0n) is 9.04. The molecule has 0 aliphatic carbocycles. The third-order valence-electron chi connectivity index (χ3n) is 2.24.